The highest BCUT2D eigenvalue weighted by Gasteiger charge is 2.24. The van der Waals surface area contributed by atoms with Crippen molar-refractivity contribution in [2.45, 2.75) is 70.3 Å². The van der Waals surface area contributed by atoms with Crippen LogP contribution in [0.1, 0.15) is 64.2 Å². The van der Waals surface area contributed by atoms with Crippen LogP contribution in [0.5, 0.6) is 0 Å². The molecular weight excluding hydrogens is 340 g/mol. The van der Waals surface area contributed by atoms with Crippen molar-refractivity contribution in [3.8, 4) is 0 Å². The van der Waals surface area contributed by atoms with Crippen LogP contribution in [0.25, 0.3) is 0 Å². The summed E-state index contributed by atoms with van der Waals surface area (Å²) in [4.78, 5) is 31.4. The molecule has 6 nitrogen and oxygen atoms in total. The summed E-state index contributed by atoms with van der Waals surface area (Å²) in [6.45, 7) is 6.44. The fourth-order valence-electron chi connectivity index (χ4n) is 4.62. The first-order chi connectivity index (χ1) is 13.2. The normalized spacial score (nSPS) is 24.2. The van der Waals surface area contributed by atoms with Crippen LogP contribution in [0.2, 0.25) is 0 Å². The van der Waals surface area contributed by atoms with E-state index in [4.69, 9.17) is 0 Å². The van der Waals surface area contributed by atoms with Crippen LogP contribution in [0.3, 0.4) is 0 Å². The van der Waals surface area contributed by atoms with Crippen LogP contribution < -0.4 is 5.32 Å². The Morgan fingerprint density at radius 3 is 1.78 bits per heavy atom. The van der Waals surface area contributed by atoms with Gasteiger partial charge >= 0.3 is 0 Å². The van der Waals surface area contributed by atoms with E-state index in [1.165, 1.54) is 38.5 Å². The maximum absolute atomic E-state index is 12.5. The van der Waals surface area contributed by atoms with Gasteiger partial charge < -0.3 is 10.2 Å². The van der Waals surface area contributed by atoms with E-state index in [0.717, 1.165) is 65.0 Å². The van der Waals surface area contributed by atoms with Crippen molar-refractivity contribution in [1.82, 2.24) is 20.0 Å². The molecule has 0 radical (unpaired) electrons. The summed E-state index contributed by atoms with van der Waals surface area (Å²) in [7, 11) is 0. The van der Waals surface area contributed by atoms with E-state index in [0.29, 0.717) is 19.1 Å². The van der Waals surface area contributed by atoms with E-state index < -0.39 is 0 Å². The second-order valence-electron chi connectivity index (χ2n) is 8.60. The topological polar surface area (TPSA) is 55.9 Å². The molecule has 0 atom stereocenters. The standard InChI is InChI=1S/C21H38N4O2/c26-20(22-19-9-5-1-2-6-10-19)17-23-13-15-24(16-14-23)18-21(27)25-11-7-3-4-8-12-25/h19H,1-18H2,(H,22,26). The van der Waals surface area contributed by atoms with Gasteiger partial charge in [0, 0.05) is 45.3 Å². The van der Waals surface area contributed by atoms with Crippen molar-refractivity contribution >= 4 is 11.8 Å². The molecule has 2 saturated heterocycles. The van der Waals surface area contributed by atoms with E-state index in [9.17, 15) is 9.59 Å². The molecular formula is C21H38N4O2. The number of hydrogen-bond acceptors (Lipinski definition) is 4. The lowest BCUT2D eigenvalue weighted by Gasteiger charge is -2.35. The van der Waals surface area contributed by atoms with Crippen LogP contribution in [0.4, 0.5) is 0 Å². The van der Waals surface area contributed by atoms with Gasteiger partial charge in [0.2, 0.25) is 11.8 Å². The molecule has 3 fully saturated rings. The average Bonchev–Trinajstić information content (AvgIpc) is 3.08. The van der Waals surface area contributed by atoms with Crippen molar-refractivity contribution in [3.05, 3.63) is 0 Å². The molecule has 1 N–H and O–H groups in total. The first-order valence-electron chi connectivity index (χ1n) is 11.2. The fourth-order valence-corrected chi connectivity index (χ4v) is 4.62. The minimum atomic E-state index is 0.177. The number of carbonyl (C=O) groups is 2. The SMILES string of the molecule is O=C(CN1CCN(CC(=O)N2CCCCCC2)CC1)NC1CCCCCC1. The first-order valence-corrected chi connectivity index (χ1v) is 11.2. The van der Waals surface area contributed by atoms with E-state index in [-0.39, 0.29) is 11.8 Å². The largest absolute Gasteiger partial charge is 0.352 e. The maximum Gasteiger partial charge on any atom is 0.236 e. The van der Waals surface area contributed by atoms with Crippen molar-refractivity contribution < 1.29 is 9.59 Å². The van der Waals surface area contributed by atoms with Gasteiger partial charge in [0.25, 0.3) is 0 Å². The van der Waals surface area contributed by atoms with Gasteiger partial charge in [-0.15, -0.1) is 0 Å². The Kier molecular flexibility index (Phi) is 8.39. The van der Waals surface area contributed by atoms with Crippen molar-refractivity contribution in [2.75, 3.05) is 52.4 Å². The molecule has 0 unspecified atom stereocenters. The highest BCUT2D eigenvalue weighted by atomic mass is 16.2. The minimum absolute atomic E-state index is 0.177. The number of piperazine rings is 1. The molecule has 2 amide bonds. The number of hydrogen-bond donors (Lipinski definition) is 1. The predicted molar refractivity (Wildman–Crippen MR) is 108 cm³/mol. The van der Waals surface area contributed by atoms with Gasteiger partial charge in [0.15, 0.2) is 0 Å². The minimum Gasteiger partial charge on any atom is -0.352 e. The Labute approximate surface area is 164 Å². The second kappa shape index (κ2) is 11.0. The number of likely N-dealkylation sites (tertiary alicyclic amines) is 1. The van der Waals surface area contributed by atoms with Gasteiger partial charge in [-0.3, -0.25) is 19.4 Å². The quantitative estimate of drug-likeness (QED) is 0.742. The number of nitrogens with zero attached hydrogens (tertiary/aromatic N) is 3. The highest BCUT2D eigenvalue weighted by molar-refractivity contribution is 5.79. The molecule has 3 rings (SSSR count). The Hall–Kier alpha value is -1.14. The molecule has 154 valence electrons. The number of nitrogens with one attached hydrogen (secondary N) is 1. The smallest absolute Gasteiger partial charge is 0.236 e. The van der Waals surface area contributed by atoms with Gasteiger partial charge in [-0.1, -0.05) is 38.5 Å². The van der Waals surface area contributed by atoms with E-state index in [1.807, 2.05) is 0 Å². The summed E-state index contributed by atoms with van der Waals surface area (Å²) in [5.74, 6) is 0.465. The summed E-state index contributed by atoms with van der Waals surface area (Å²) in [6, 6.07) is 0.382. The van der Waals surface area contributed by atoms with Crippen molar-refractivity contribution in [2.24, 2.45) is 0 Å². The number of amides is 2. The predicted octanol–water partition coefficient (Wildman–Crippen LogP) is 1.85. The van der Waals surface area contributed by atoms with Crippen LogP contribution in [0.15, 0.2) is 0 Å². The third-order valence-corrected chi connectivity index (χ3v) is 6.37. The molecule has 0 spiro atoms. The average molecular weight is 379 g/mol. The molecule has 1 aliphatic carbocycles. The van der Waals surface area contributed by atoms with Gasteiger partial charge in [-0.05, 0) is 25.7 Å². The third-order valence-electron chi connectivity index (χ3n) is 6.37. The molecule has 0 aromatic rings. The van der Waals surface area contributed by atoms with E-state index in [2.05, 4.69) is 20.0 Å². The second-order valence-corrected chi connectivity index (χ2v) is 8.60. The van der Waals surface area contributed by atoms with E-state index >= 15 is 0 Å². The maximum atomic E-state index is 12.5. The molecule has 0 aromatic carbocycles. The third kappa shape index (κ3) is 7.07. The van der Waals surface area contributed by atoms with Crippen LogP contribution in [0, 0.1) is 0 Å². The zero-order valence-electron chi connectivity index (χ0n) is 17.0. The number of carbonyl (C=O) groups excluding carboxylic acids is 2. The summed E-state index contributed by atoms with van der Waals surface area (Å²) >= 11 is 0. The Balaban J connectivity index is 1.33. The Morgan fingerprint density at radius 2 is 1.19 bits per heavy atom. The van der Waals surface area contributed by atoms with Gasteiger partial charge in [-0.2, -0.15) is 0 Å². The van der Waals surface area contributed by atoms with Gasteiger partial charge in [0.05, 0.1) is 13.1 Å². The van der Waals surface area contributed by atoms with Crippen molar-refractivity contribution in [1.29, 1.82) is 0 Å². The molecule has 27 heavy (non-hydrogen) atoms. The Morgan fingerprint density at radius 1 is 0.667 bits per heavy atom. The lowest BCUT2D eigenvalue weighted by molar-refractivity contribution is -0.133. The van der Waals surface area contributed by atoms with Crippen LogP contribution in [-0.2, 0) is 9.59 Å². The van der Waals surface area contributed by atoms with Crippen LogP contribution >= 0.6 is 0 Å². The highest BCUT2D eigenvalue weighted by Crippen LogP contribution is 2.17. The molecule has 0 bridgehead atoms. The summed E-state index contributed by atoms with van der Waals surface area (Å²) in [5, 5.41) is 3.24. The van der Waals surface area contributed by atoms with Gasteiger partial charge in [-0.25, -0.2) is 0 Å². The zero-order chi connectivity index (χ0) is 18.9. The molecule has 0 aromatic heterocycles. The number of rotatable bonds is 5. The van der Waals surface area contributed by atoms with Gasteiger partial charge in [0.1, 0.15) is 0 Å². The molecule has 1 saturated carbocycles. The van der Waals surface area contributed by atoms with Crippen molar-refractivity contribution in [3.63, 3.8) is 0 Å². The molecule has 6 heteroatoms. The molecule has 2 aliphatic heterocycles. The van der Waals surface area contributed by atoms with Crippen LogP contribution in [-0.4, -0.2) is 84.9 Å². The molecule has 2 heterocycles. The van der Waals surface area contributed by atoms with E-state index in [1.54, 1.807) is 0 Å². The summed E-state index contributed by atoms with van der Waals surface area (Å²) in [5.41, 5.74) is 0. The fraction of sp³-hybridized carbons (Fsp3) is 0.905. The Bertz CT molecular complexity index is 461. The first kappa shape index (κ1) is 20.6. The lowest BCUT2D eigenvalue weighted by atomic mass is 10.1. The zero-order valence-corrected chi connectivity index (χ0v) is 17.0. The molecule has 3 aliphatic rings. The summed E-state index contributed by atoms with van der Waals surface area (Å²) < 4.78 is 0. The monoisotopic (exact) mass is 378 g/mol. The lowest BCUT2D eigenvalue weighted by Crippen LogP contribution is -2.52. The summed E-state index contributed by atoms with van der Waals surface area (Å²) in [6.07, 6.45) is 12.2.